The molecule has 1 heterocycles. The summed E-state index contributed by atoms with van der Waals surface area (Å²) in [6.45, 7) is 0. The van der Waals surface area contributed by atoms with Gasteiger partial charge >= 0.3 is 12.3 Å². The van der Waals surface area contributed by atoms with Crippen LogP contribution in [0.15, 0.2) is 58.6 Å². The van der Waals surface area contributed by atoms with Gasteiger partial charge in [-0.15, -0.1) is 13.2 Å². The zero-order chi connectivity index (χ0) is 18.7. The second-order valence-corrected chi connectivity index (χ2v) is 6.48. The van der Waals surface area contributed by atoms with Crippen LogP contribution in [0.5, 0.6) is 5.75 Å². The third-order valence-corrected chi connectivity index (χ3v) is 4.45. The van der Waals surface area contributed by atoms with Gasteiger partial charge in [0, 0.05) is 11.3 Å². The summed E-state index contributed by atoms with van der Waals surface area (Å²) in [6.07, 6.45) is -4.66. The zero-order valence-corrected chi connectivity index (χ0v) is 13.9. The monoisotopic (exact) mass is 383 g/mol. The van der Waals surface area contributed by atoms with E-state index >= 15 is 0 Å². The minimum Gasteiger partial charge on any atom is -0.478 e. The van der Waals surface area contributed by atoms with Crippen molar-refractivity contribution in [1.82, 2.24) is 0 Å². The molecule has 26 heavy (non-hydrogen) atoms. The Morgan fingerprint density at radius 1 is 1.15 bits per heavy atom. The number of rotatable bonds is 4. The molecule has 0 aliphatic carbocycles. The Balaban J connectivity index is 1.58. The second-order valence-electron chi connectivity index (χ2n) is 5.33. The first-order chi connectivity index (χ1) is 12.3. The summed E-state index contributed by atoms with van der Waals surface area (Å²) < 4.78 is 40.3. The van der Waals surface area contributed by atoms with Crippen molar-refractivity contribution in [2.24, 2.45) is 5.16 Å². The van der Waals surface area contributed by atoms with E-state index in [1.54, 1.807) is 12.1 Å². The maximum Gasteiger partial charge on any atom is 0.573 e. The van der Waals surface area contributed by atoms with Gasteiger partial charge in [0.2, 0.25) is 0 Å². The number of nitrogens with zero attached hydrogens (tertiary/aromatic N) is 1. The van der Waals surface area contributed by atoms with E-state index in [1.165, 1.54) is 48.2 Å². The highest BCUT2D eigenvalue weighted by Gasteiger charge is 2.31. The first-order valence-corrected chi connectivity index (χ1v) is 8.21. The summed E-state index contributed by atoms with van der Waals surface area (Å²) in [5, 5.41) is 13.5. The number of aromatic carboxylic acids is 1. The molecule has 0 amide bonds. The van der Waals surface area contributed by atoms with Crippen LogP contribution in [0.25, 0.3) is 0 Å². The number of carboxylic acid groups (broad SMARTS) is 1. The maximum absolute atomic E-state index is 12.2. The molecule has 1 N–H and O–H groups in total. The standard InChI is InChI=1S/C17H12F3NO4S/c18-17(19,20)24-12-5-1-10(2-6-12)14-9-15(21-25-14)26-13-7-3-11(4-8-13)16(22)23/h1-8,14H,9H2,(H,22,23)/t14-/m1/s1. The molecule has 1 aliphatic rings. The lowest BCUT2D eigenvalue weighted by Crippen LogP contribution is -2.17. The quantitative estimate of drug-likeness (QED) is 0.817. The predicted octanol–water partition coefficient (Wildman–Crippen LogP) is 4.85. The molecule has 136 valence electrons. The summed E-state index contributed by atoms with van der Waals surface area (Å²) in [5.74, 6) is -1.30. The normalized spacial score (nSPS) is 16.7. The summed E-state index contributed by atoms with van der Waals surface area (Å²) in [4.78, 5) is 17.0. The van der Waals surface area contributed by atoms with E-state index in [0.717, 1.165) is 4.90 Å². The van der Waals surface area contributed by atoms with Crippen LogP contribution in [0.2, 0.25) is 0 Å². The summed E-state index contributed by atoms with van der Waals surface area (Å²) >= 11 is 1.34. The van der Waals surface area contributed by atoms with Gasteiger partial charge in [0.05, 0.1) is 5.56 Å². The number of hydrogen-bond donors (Lipinski definition) is 1. The van der Waals surface area contributed by atoms with Crippen LogP contribution in [0.1, 0.15) is 28.4 Å². The fourth-order valence-corrected chi connectivity index (χ4v) is 3.14. The Labute approximate surface area is 150 Å². The lowest BCUT2D eigenvalue weighted by Gasteiger charge is -2.11. The van der Waals surface area contributed by atoms with Gasteiger partial charge in [0.15, 0.2) is 6.10 Å². The summed E-state index contributed by atoms with van der Waals surface area (Å²) in [5.41, 5.74) is 0.873. The van der Waals surface area contributed by atoms with Gasteiger partial charge in [-0.2, -0.15) is 0 Å². The lowest BCUT2D eigenvalue weighted by molar-refractivity contribution is -0.274. The van der Waals surface area contributed by atoms with Gasteiger partial charge in [-0.3, -0.25) is 0 Å². The van der Waals surface area contributed by atoms with Crippen molar-refractivity contribution in [2.45, 2.75) is 23.8 Å². The highest BCUT2D eigenvalue weighted by molar-refractivity contribution is 8.14. The number of thioether (sulfide) groups is 1. The number of ether oxygens (including phenoxy) is 1. The van der Waals surface area contributed by atoms with Gasteiger partial charge in [-0.25, -0.2) is 4.79 Å². The molecule has 5 nitrogen and oxygen atoms in total. The minimum atomic E-state index is -4.73. The molecule has 0 bridgehead atoms. The summed E-state index contributed by atoms with van der Waals surface area (Å²) in [6, 6.07) is 11.8. The second kappa shape index (κ2) is 7.28. The van der Waals surface area contributed by atoms with E-state index in [-0.39, 0.29) is 11.3 Å². The molecule has 0 aromatic heterocycles. The van der Waals surface area contributed by atoms with Gasteiger partial charge < -0.3 is 14.7 Å². The first-order valence-electron chi connectivity index (χ1n) is 7.40. The van der Waals surface area contributed by atoms with Crippen molar-refractivity contribution < 1.29 is 32.6 Å². The number of halogens is 3. The molecule has 1 atom stereocenters. The molecular formula is C17H12F3NO4S. The van der Waals surface area contributed by atoms with Crippen LogP contribution >= 0.6 is 11.8 Å². The van der Waals surface area contributed by atoms with Gasteiger partial charge in [0.25, 0.3) is 0 Å². The van der Waals surface area contributed by atoms with Gasteiger partial charge in [-0.05, 0) is 42.0 Å². The molecule has 0 fully saturated rings. The molecule has 2 aromatic carbocycles. The lowest BCUT2D eigenvalue weighted by atomic mass is 10.1. The summed E-state index contributed by atoms with van der Waals surface area (Å²) in [7, 11) is 0. The number of oxime groups is 1. The average Bonchev–Trinajstić information content (AvgIpc) is 3.03. The van der Waals surface area contributed by atoms with Crippen molar-refractivity contribution in [3.63, 3.8) is 0 Å². The topological polar surface area (TPSA) is 68.1 Å². The van der Waals surface area contributed by atoms with Crippen LogP contribution < -0.4 is 4.74 Å². The Morgan fingerprint density at radius 2 is 1.81 bits per heavy atom. The van der Waals surface area contributed by atoms with Crippen molar-refractivity contribution in [1.29, 1.82) is 0 Å². The Kier molecular flexibility index (Phi) is 5.08. The number of carboxylic acids is 1. The zero-order valence-electron chi connectivity index (χ0n) is 13.1. The molecule has 0 saturated heterocycles. The Bertz CT molecular complexity index is 819. The number of alkyl halides is 3. The Hall–Kier alpha value is -2.68. The van der Waals surface area contributed by atoms with E-state index in [0.29, 0.717) is 17.0 Å². The predicted molar refractivity (Wildman–Crippen MR) is 88.3 cm³/mol. The fourth-order valence-electron chi connectivity index (χ4n) is 2.28. The third-order valence-electron chi connectivity index (χ3n) is 3.46. The van der Waals surface area contributed by atoms with Crippen LogP contribution in [0.3, 0.4) is 0 Å². The SMILES string of the molecule is O=C(O)c1ccc(SC2=NO[C@@H](c3ccc(OC(F)(F)F)cc3)C2)cc1. The Morgan fingerprint density at radius 3 is 2.38 bits per heavy atom. The van der Waals surface area contributed by atoms with Crippen LogP contribution in [-0.2, 0) is 4.84 Å². The molecule has 3 rings (SSSR count). The van der Waals surface area contributed by atoms with E-state index in [2.05, 4.69) is 9.89 Å². The maximum atomic E-state index is 12.2. The molecule has 2 aromatic rings. The first kappa shape index (κ1) is 18.1. The fraction of sp³-hybridized carbons (Fsp3) is 0.176. The van der Waals surface area contributed by atoms with Crippen LogP contribution in [-0.4, -0.2) is 22.5 Å². The largest absolute Gasteiger partial charge is 0.573 e. The highest BCUT2D eigenvalue weighted by atomic mass is 32.2. The van der Waals surface area contributed by atoms with E-state index in [1.807, 2.05) is 0 Å². The molecular weight excluding hydrogens is 371 g/mol. The highest BCUT2D eigenvalue weighted by Crippen LogP contribution is 2.35. The van der Waals surface area contributed by atoms with Crippen LogP contribution in [0, 0.1) is 0 Å². The van der Waals surface area contributed by atoms with Crippen molar-refractivity contribution in [2.75, 3.05) is 0 Å². The van der Waals surface area contributed by atoms with Gasteiger partial charge in [-0.1, -0.05) is 29.1 Å². The van der Waals surface area contributed by atoms with Crippen molar-refractivity contribution in [3.8, 4) is 5.75 Å². The smallest absolute Gasteiger partial charge is 0.478 e. The number of hydrogen-bond acceptors (Lipinski definition) is 5. The molecule has 9 heteroatoms. The third kappa shape index (κ3) is 4.69. The minimum absolute atomic E-state index is 0.193. The number of carbonyl (C=O) groups is 1. The van der Waals surface area contributed by atoms with E-state index in [4.69, 9.17) is 9.94 Å². The number of benzene rings is 2. The average molecular weight is 383 g/mol. The van der Waals surface area contributed by atoms with Crippen LogP contribution in [0.4, 0.5) is 13.2 Å². The van der Waals surface area contributed by atoms with Crippen molar-refractivity contribution in [3.05, 3.63) is 59.7 Å². The van der Waals surface area contributed by atoms with Crippen molar-refractivity contribution >= 4 is 22.8 Å². The van der Waals surface area contributed by atoms with E-state index < -0.39 is 18.4 Å². The molecule has 1 aliphatic heterocycles. The molecule has 0 radical (unpaired) electrons. The molecule has 0 saturated carbocycles. The molecule has 0 unspecified atom stereocenters. The van der Waals surface area contributed by atoms with Gasteiger partial charge in [0.1, 0.15) is 10.8 Å². The molecule has 0 spiro atoms. The van der Waals surface area contributed by atoms with E-state index in [9.17, 15) is 18.0 Å².